The lowest BCUT2D eigenvalue weighted by Crippen LogP contribution is -2.29. The second-order valence-corrected chi connectivity index (χ2v) is 7.40. The minimum atomic E-state index is -2.70. The lowest BCUT2D eigenvalue weighted by atomic mass is 9.90. The van der Waals surface area contributed by atoms with Crippen LogP contribution in [0.2, 0.25) is 0 Å². The molecule has 0 saturated carbocycles. The number of carbonyl (C=O) groups excluding carboxylic acids is 1. The zero-order valence-electron chi connectivity index (χ0n) is 15.9. The van der Waals surface area contributed by atoms with E-state index in [4.69, 9.17) is 0 Å². The van der Waals surface area contributed by atoms with E-state index in [9.17, 15) is 13.6 Å². The third-order valence-corrected chi connectivity index (χ3v) is 5.44. The molecule has 1 aromatic heterocycles. The number of alkyl halides is 2. The lowest BCUT2D eigenvalue weighted by molar-refractivity contribution is -0.129. The summed E-state index contributed by atoms with van der Waals surface area (Å²) in [5.41, 5.74) is 4.57. The molecule has 146 valence electrons. The number of nitrogens with zero attached hydrogens (tertiary/aromatic N) is 3. The Balaban J connectivity index is 1.51. The van der Waals surface area contributed by atoms with Crippen molar-refractivity contribution in [3.8, 4) is 0 Å². The number of hydrogen-bond acceptors (Lipinski definition) is 2. The highest BCUT2D eigenvalue weighted by Crippen LogP contribution is 2.25. The predicted molar refractivity (Wildman–Crippen MR) is 104 cm³/mol. The summed E-state index contributed by atoms with van der Waals surface area (Å²) in [6, 6.07) is 13.0. The van der Waals surface area contributed by atoms with Crippen LogP contribution in [0.1, 0.15) is 41.9 Å². The number of aryl methyl sites for hydroxylation is 2. The number of fused-ring (bicyclic) bond motifs is 2. The summed E-state index contributed by atoms with van der Waals surface area (Å²) in [6.07, 6.45) is 4.84. The van der Waals surface area contributed by atoms with Crippen molar-refractivity contribution in [3.63, 3.8) is 0 Å². The molecule has 4 rings (SSSR count). The summed E-state index contributed by atoms with van der Waals surface area (Å²) in [4.78, 5) is 18.5. The van der Waals surface area contributed by atoms with Crippen molar-refractivity contribution in [2.75, 3.05) is 7.05 Å². The fraction of sp³-hybridized carbons (Fsp3) is 0.364. The number of aromatic nitrogens is 2. The van der Waals surface area contributed by atoms with E-state index < -0.39 is 6.55 Å². The van der Waals surface area contributed by atoms with Gasteiger partial charge < -0.3 is 4.90 Å². The first kappa shape index (κ1) is 18.6. The van der Waals surface area contributed by atoms with Gasteiger partial charge in [-0.05, 0) is 54.5 Å². The quantitative estimate of drug-likeness (QED) is 0.650. The third-order valence-electron chi connectivity index (χ3n) is 5.44. The Morgan fingerprint density at radius 1 is 1.14 bits per heavy atom. The first-order chi connectivity index (χ1) is 13.5. The van der Waals surface area contributed by atoms with E-state index in [1.54, 1.807) is 31.3 Å². The van der Waals surface area contributed by atoms with Crippen LogP contribution in [0.15, 0.2) is 42.5 Å². The third kappa shape index (κ3) is 3.63. The molecule has 0 fully saturated rings. The molecule has 0 bridgehead atoms. The maximum atomic E-state index is 13.6. The minimum absolute atomic E-state index is 0.0444. The number of imidazole rings is 1. The van der Waals surface area contributed by atoms with Crippen LogP contribution in [-0.4, -0.2) is 27.4 Å². The van der Waals surface area contributed by atoms with Crippen molar-refractivity contribution in [3.05, 3.63) is 65.0 Å². The fourth-order valence-electron chi connectivity index (χ4n) is 3.93. The molecular formula is C22H23F2N3O. The van der Waals surface area contributed by atoms with Gasteiger partial charge in [0.25, 0.3) is 0 Å². The first-order valence-corrected chi connectivity index (χ1v) is 9.61. The molecule has 2 aromatic carbocycles. The van der Waals surface area contributed by atoms with Crippen LogP contribution in [0.4, 0.5) is 8.78 Å². The van der Waals surface area contributed by atoms with Crippen LogP contribution in [0.25, 0.3) is 11.0 Å². The maximum absolute atomic E-state index is 13.6. The molecule has 0 atom stereocenters. The van der Waals surface area contributed by atoms with E-state index in [1.807, 2.05) is 6.07 Å². The minimum Gasteiger partial charge on any atom is -0.338 e. The predicted octanol–water partition coefficient (Wildman–Crippen LogP) is 4.51. The summed E-state index contributed by atoms with van der Waals surface area (Å²) in [7, 11) is 1.63. The molecule has 1 aliphatic rings. The van der Waals surface area contributed by atoms with Gasteiger partial charge in [0.15, 0.2) is 0 Å². The van der Waals surface area contributed by atoms with Crippen LogP contribution >= 0.6 is 0 Å². The molecule has 0 unspecified atom stereocenters. The van der Waals surface area contributed by atoms with Gasteiger partial charge in [0.2, 0.25) is 5.91 Å². The molecule has 0 radical (unpaired) electrons. The molecule has 4 nitrogen and oxygen atoms in total. The van der Waals surface area contributed by atoms with Gasteiger partial charge in [-0.1, -0.05) is 30.3 Å². The van der Waals surface area contributed by atoms with Gasteiger partial charge in [-0.25, -0.2) is 4.98 Å². The van der Waals surface area contributed by atoms with E-state index in [-0.39, 0.29) is 24.7 Å². The van der Waals surface area contributed by atoms with Crippen molar-refractivity contribution in [2.45, 2.75) is 45.2 Å². The Morgan fingerprint density at radius 2 is 1.89 bits per heavy atom. The van der Waals surface area contributed by atoms with E-state index in [2.05, 4.69) is 17.1 Å². The highest BCUT2D eigenvalue weighted by molar-refractivity contribution is 5.79. The van der Waals surface area contributed by atoms with Gasteiger partial charge in [-0.15, -0.1) is 0 Å². The average molecular weight is 383 g/mol. The Morgan fingerprint density at radius 3 is 2.68 bits per heavy atom. The summed E-state index contributed by atoms with van der Waals surface area (Å²) >= 11 is 0. The second kappa shape index (κ2) is 7.70. The van der Waals surface area contributed by atoms with Gasteiger partial charge in [0.05, 0.1) is 24.0 Å². The van der Waals surface area contributed by atoms with Crippen molar-refractivity contribution >= 4 is 16.9 Å². The number of amides is 1. The average Bonchev–Trinajstić information content (AvgIpc) is 3.05. The molecule has 1 amide bonds. The van der Waals surface area contributed by atoms with E-state index in [0.717, 1.165) is 23.0 Å². The zero-order chi connectivity index (χ0) is 19.7. The number of carbonyl (C=O) groups is 1. The number of benzene rings is 2. The molecule has 6 heteroatoms. The highest BCUT2D eigenvalue weighted by Gasteiger charge is 2.20. The lowest BCUT2D eigenvalue weighted by Gasteiger charge is -2.19. The van der Waals surface area contributed by atoms with Crippen LogP contribution in [-0.2, 0) is 30.6 Å². The van der Waals surface area contributed by atoms with Crippen molar-refractivity contribution < 1.29 is 13.6 Å². The molecular weight excluding hydrogens is 360 g/mol. The number of halogens is 2. The van der Waals surface area contributed by atoms with E-state index in [1.165, 1.54) is 28.9 Å². The molecule has 0 saturated heterocycles. The van der Waals surface area contributed by atoms with Gasteiger partial charge in [-0.2, -0.15) is 8.78 Å². The van der Waals surface area contributed by atoms with Gasteiger partial charge >= 0.3 is 6.55 Å². The fourth-order valence-corrected chi connectivity index (χ4v) is 3.93. The summed E-state index contributed by atoms with van der Waals surface area (Å²) in [5.74, 6) is 0.0844. The smallest absolute Gasteiger partial charge is 0.320 e. The number of rotatable bonds is 5. The number of hydrogen-bond donors (Lipinski definition) is 0. The van der Waals surface area contributed by atoms with Crippen LogP contribution in [0.3, 0.4) is 0 Å². The van der Waals surface area contributed by atoms with Crippen molar-refractivity contribution in [1.82, 2.24) is 14.5 Å². The van der Waals surface area contributed by atoms with Crippen molar-refractivity contribution in [1.29, 1.82) is 0 Å². The Labute approximate surface area is 162 Å². The summed E-state index contributed by atoms with van der Waals surface area (Å²) < 4.78 is 28.0. The molecule has 1 heterocycles. The van der Waals surface area contributed by atoms with Crippen molar-refractivity contribution in [2.24, 2.45) is 0 Å². The maximum Gasteiger partial charge on any atom is 0.320 e. The molecule has 28 heavy (non-hydrogen) atoms. The van der Waals surface area contributed by atoms with Gasteiger partial charge in [-0.3, -0.25) is 9.36 Å². The second-order valence-electron chi connectivity index (χ2n) is 7.40. The van der Waals surface area contributed by atoms with Gasteiger partial charge in [0.1, 0.15) is 5.82 Å². The van der Waals surface area contributed by atoms with Crippen LogP contribution in [0, 0.1) is 0 Å². The SMILES string of the molecule is CN(Cc1nc2ccccc2n1C(F)F)C(=O)Cc1ccc2c(c1)CCCC2. The monoisotopic (exact) mass is 383 g/mol. The molecule has 0 spiro atoms. The van der Waals surface area contributed by atoms with Crippen LogP contribution < -0.4 is 0 Å². The Kier molecular flexibility index (Phi) is 5.11. The molecule has 3 aromatic rings. The molecule has 0 N–H and O–H groups in total. The standard InChI is InChI=1S/C22H23F2N3O/c1-26(14-20-25-18-8-4-5-9-19(18)27(20)22(23)24)21(28)13-15-10-11-16-6-2-3-7-17(16)12-15/h4-5,8-12,22H,2-3,6-7,13-14H2,1H3. The topological polar surface area (TPSA) is 38.1 Å². The normalized spacial score (nSPS) is 13.7. The molecule has 1 aliphatic carbocycles. The molecule has 0 aliphatic heterocycles. The zero-order valence-corrected chi connectivity index (χ0v) is 15.9. The summed E-state index contributed by atoms with van der Waals surface area (Å²) in [6.45, 7) is -2.66. The van der Waals surface area contributed by atoms with E-state index >= 15 is 0 Å². The highest BCUT2D eigenvalue weighted by atomic mass is 19.3. The summed E-state index contributed by atoms with van der Waals surface area (Å²) in [5, 5.41) is 0. The number of para-hydroxylation sites is 2. The Hall–Kier alpha value is -2.76. The van der Waals surface area contributed by atoms with Crippen LogP contribution in [0.5, 0.6) is 0 Å². The van der Waals surface area contributed by atoms with E-state index in [0.29, 0.717) is 11.0 Å². The largest absolute Gasteiger partial charge is 0.338 e. The van der Waals surface area contributed by atoms with Gasteiger partial charge in [0, 0.05) is 7.05 Å². The Bertz CT molecular complexity index is 1010. The number of likely N-dealkylation sites (N-methyl/N-ethyl adjacent to an activating group) is 1. The first-order valence-electron chi connectivity index (χ1n) is 9.61.